The van der Waals surface area contributed by atoms with Crippen LogP contribution in [0.2, 0.25) is 0 Å². The smallest absolute Gasteiger partial charge is 0.270 e. The Bertz CT molecular complexity index is 1700. The molecular weight excluding hydrogens is 510 g/mol. The average Bonchev–Trinajstić information content (AvgIpc) is 2.90. The van der Waals surface area contributed by atoms with Gasteiger partial charge in [-0.05, 0) is 50.1 Å². The number of benzene rings is 3. The Kier molecular flexibility index (Phi) is 7.21. The summed E-state index contributed by atoms with van der Waals surface area (Å²) in [5.74, 6) is 1.43. The normalized spacial score (nSPS) is 11.9. The van der Waals surface area contributed by atoms with E-state index >= 15 is 0 Å². The van der Waals surface area contributed by atoms with Crippen LogP contribution in [0.4, 0.5) is 11.4 Å². The predicted octanol–water partition coefficient (Wildman–Crippen LogP) is 5.32. The van der Waals surface area contributed by atoms with Crippen LogP contribution < -0.4 is 25.1 Å². The number of nitrogens with zero attached hydrogens (tertiary/aromatic N) is 2. The van der Waals surface area contributed by atoms with Crippen LogP contribution in [0.15, 0.2) is 64.4 Å². The van der Waals surface area contributed by atoms with E-state index in [1.54, 1.807) is 16.7 Å². The average molecular weight is 542 g/mol. The number of rotatable bonds is 8. The maximum Gasteiger partial charge on any atom is 0.270 e. The van der Waals surface area contributed by atoms with Crippen LogP contribution in [0.5, 0.6) is 17.2 Å². The zero-order chi connectivity index (χ0) is 28.6. The van der Waals surface area contributed by atoms with Crippen molar-refractivity contribution in [2.75, 3.05) is 26.6 Å². The number of aromatic nitrogens is 1. The summed E-state index contributed by atoms with van der Waals surface area (Å²) in [6.45, 7) is 5.80. The van der Waals surface area contributed by atoms with Crippen molar-refractivity contribution < 1.29 is 23.7 Å². The van der Waals surface area contributed by atoms with Crippen molar-refractivity contribution in [1.82, 2.24) is 4.57 Å². The first-order valence-corrected chi connectivity index (χ1v) is 12.9. The molecule has 0 fully saturated rings. The van der Waals surface area contributed by atoms with Gasteiger partial charge in [0.05, 0.1) is 45.1 Å². The number of anilines is 1. The Hall–Kier alpha value is -4.79. The molecule has 0 saturated heterocycles. The second kappa shape index (κ2) is 10.8. The molecule has 0 unspecified atom stereocenters. The highest BCUT2D eigenvalue weighted by molar-refractivity contribution is 6.15. The highest BCUT2D eigenvalue weighted by Crippen LogP contribution is 2.40. The number of aryl methyl sites for hydroxylation is 1. The van der Waals surface area contributed by atoms with Crippen LogP contribution >= 0.6 is 0 Å². The number of ether oxygens (including phenoxy) is 4. The lowest BCUT2D eigenvalue weighted by Crippen LogP contribution is -2.32. The molecule has 0 aliphatic carbocycles. The predicted molar refractivity (Wildman–Crippen MR) is 155 cm³/mol. The van der Waals surface area contributed by atoms with Gasteiger partial charge in [0.15, 0.2) is 11.5 Å². The number of hydrogen-bond donors (Lipinski definition) is 1. The Morgan fingerprint density at radius 3 is 2.33 bits per heavy atom. The van der Waals surface area contributed by atoms with Gasteiger partial charge in [0.2, 0.25) is 17.6 Å². The van der Waals surface area contributed by atoms with E-state index in [9.17, 15) is 9.59 Å². The minimum Gasteiger partial charge on any atom is -0.493 e. The monoisotopic (exact) mass is 541 g/mol. The molecule has 2 heterocycles. The lowest BCUT2D eigenvalue weighted by atomic mass is 10.00. The second-order valence-electron chi connectivity index (χ2n) is 9.73. The van der Waals surface area contributed by atoms with Gasteiger partial charge in [-0.1, -0.05) is 24.3 Å². The zero-order valence-corrected chi connectivity index (χ0v) is 23.3. The Balaban J connectivity index is 1.49. The second-order valence-corrected chi connectivity index (χ2v) is 9.73. The number of amides is 1. The fraction of sp³-hybridized carbons (Fsp3) is 0.258. The molecule has 40 heavy (non-hydrogen) atoms. The highest BCUT2D eigenvalue weighted by atomic mass is 16.5. The van der Waals surface area contributed by atoms with Crippen molar-refractivity contribution in [3.8, 4) is 22.9 Å². The van der Waals surface area contributed by atoms with Crippen molar-refractivity contribution in [2.45, 2.75) is 33.3 Å². The standard InChI is InChI=1S/C31H31N3O6/c1-17(2)40-30-27-28(33-30)26-18(3)9-7-12-22(26)34(31(27)36)21-11-8-10-19(13-21)14-25(35)32-20-15-23(37-4)29(39-6)24(16-20)38-5/h7-13,15-17H,14H2,1-6H3,(H,32,35). The van der Waals surface area contributed by atoms with Crippen molar-refractivity contribution >= 4 is 34.1 Å². The van der Waals surface area contributed by atoms with Gasteiger partial charge in [0.1, 0.15) is 5.56 Å². The number of methoxy groups -OCH3 is 3. The number of carbonyl (C=O) groups excluding carboxylic acids is 1. The summed E-state index contributed by atoms with van der Waals surface area (Å²) in [5, 5.41) is 3.79. The molecule has 1 aliphatic heterocycles. The summed E-state index contributed by atoms with van der Waals surface area (Å²) in [5.41, 5.74) is 4.57. The molecule has 0 atom stereocenters. The lowest BCUT2D eigenvalue weighted by molar-refractivity contribution is -0.115. The Labute approximate surface area is 232 Å². The van der Waals surface area contributed by atoms with E-state index < -0.39 is 0 Å². The molecule has 0 bridgehead atoms. The fourth-order valence-electron chi connectivity index (χ4n) is 4.92. The fourth-order valence-corrected chi connectivity index (χ4v) is 4.92. The van der Waals surface area contributed by atoms with E-state index in [2.05, 4.69) is 10.3 Å². The number of nitrogens with one attached hydrogen (secondary N) is 1. The van der Waals surface area contributed by atoms with Crippen molar-refractivity contribution in [1.29, 1.82) is 0 Å². The number of hydrogen-bond acceptors (Lipinski definition) is 7. The maximum absolute atomic E-state index is 13.8. The molecule has 4 aromatic rings. The van der Waals surface area contributed by atoms with Crippen LogP contribution in [0.1, 0.15) is 30.5 Å². The molecule has 5 rings (SSSR count). The molecule has 0 saturated carbocycles. The topological polar surface area (TPSA) is 100 Å². The van der Waals surface area contributed by atoms with Crippen molar-refractivity contribution in [2.24, 2.45) is 4.99 Å². The Morgan fingerprint density at radius 1 is 0.975 bits per heavy atom. The SMILES string of the molecule is COc1cc(NC(=O)Cc2cccc(-n3c(=O)c4c(c5c(C)cccc53)N=C4OC(C)C)c2)cc(OC)c1OC. The van der Waals surface area contributed by atoms with E-state index in [-0.39, 0.29) is 24.0 Å². The molecule has 9 heteroatoms. The molecule has 9 nitrogen and oxygen atoms in total. The molecule has 1 aromatic heterocycles. The van der Waals surface area contributed by atoms with Gasteiger partial charge in [-0.2, -0.15) is 0 Å². The molecule has 1 amide bonds. The van der Waals surface area contributed by atoms with E-state index in [4.69, 9.17) is 18.9 Å². The van der Waals surface area contributed by atoms with Crippen LogP contribution in [0, 0.1) is 6.92 Å². The summed E-state index contributed by atoms with van der Waals surface area (Å²) in [6.07, 6.45) is -0.0237. The summed E-state index contributed by atoms with van der Waals surface area (Å²) >= 11 is 0. The molecule has 1 aliphatic rings. The molecular formula is C31H31N3O6. The molecule has 0 spiro atoms. The summed E-state index contributed by atoms with van der Waals surface area (Å²) in [4.78, 5) is 31.4. The van der Waals surface area contributed by atoms with Gasteiger partial charge in [0, 0.05) is 28.9 Å². The van der Waals surface area contributed by atoms with Gasteiger partial charge < -0.3 is 24.3 Å². The van der Waals surface area contributed by atoms with Gasteiger partial charge in [-0.15, -0.1) is 0 Å². The van der Waals surface area contributed by atoms with Crippen LogP contribution in [-0.2, 0) is 16.0 Å². The molecule has 206 valence electrons. The van der Waals surface area contributed by atoms with E-state index in [1.165, 1.54) is 21.3 Å². The molecule has 1 N–H and O–H groups in total. The minimum atomic E-state index is -0.239. The molecule has 3 aromatic carbocycles. The minimum absolute atomic E-state index is 0.0876. The quantitative estimate of drug-likeness (QED) is 0.324. The van der Waals surface area contributed by atoms with E-state index in [1.807, 2.05) is 63.2 Å². The number of fused-ring (bicyclic) bond motifs is 3. The lowest BCUT2D eigenvalue weighted by Gasteiger charge is -2.24. The summed E-state index contributed by atoms with van der Waals surface area (Å²) < 4.78 is 23.6. The zero-order valence-electron chi connectivity index (χ0n) is 23.3. The summed E-state index contributed by atoms with van der Waals surface area (Å²) in [7, 11) is 4.55. The third-order valence-corrected chi connectivity index (χ3v) is 6.64. The number of pyridine rings is 1. The Morgan fingerprint density at radius 2 is 1.68 bits per heavy atom. The van der Waals surface area contributed by atoms with Gasteiger partial charge in [0.25, 0.3) is 5.56 Å². The summed E-state index contributed by atoms with van der Waals surface area (Å²) in [6, 6.07) is 16.6. The number of aliphatic imine (C=N–C) groups is 1. The first-order valence-electron chi connectivity index (χ1n) is 12.9. The van der Waals surface area contributed by atoms with E-state index in [0.717, 1.165) is 22.0 Å². The van der Waals surface area contributed by atoms with Crippen LogP contribution in [0.3, 0.4) is 0 Å². The first-order chi connectivity index (χ1) is 19.2. The van der Waals surface area contributed by atoms with Crippen molar-refractivity contribution in [3.05, 3.63) is 81.6 Å². The third kappa shape index (κ3) is 4.75. The van der Waals surface area contributed by atoms with Gasteiger partial charge in [-0.25, -0.2) is 4.99 Å². The first kappa shape index (κ1) is 26.8. The van der Waals surface area contributed by atoms with Crippen molar-refractivity contribution in [3.63, 3.8) is 0 Å². The van der Waals surface area contributed by atoms with Gasteiger partial charge in [-0.3, -0.25) is 14.2 Å². The van der Waals surface area contributed by atoms with E-state index in [0.29, 0.717) is 45.8 Å². The maximum atomic E-state index is 13.8. The van der Waals surface area contributed by atoms with Gasteiger partial charge >= 0.3 is 0 Å². The largest absolute Gasteiger partial charge is 0.493 e. The third-order valence-electron chi connectivity index (χ3n) is 6.64. The highest BCUT2D eigenvalue weighted by Gasteiger charge is 2.31. The number of carbonyl (C=O) groups is 1. The van der Waals surface area contributed by atoms with Crippen LogP contribution in [-0.4, -0.2) is 43.8 Å². The molecule has 0 radical (unpaired) electrons. The van der Waals surface area contributed by atoms with Crippen LogP contribution in [0.25, 0.3) is 16.6 Å².